The Kier molecular flexibility index (Phi) is 5.62. The molecule has 112 valence electrons. The van der Waals surface area contributed by atoms with Gasteiger partial charge in [0.1, 0.15) is 17.7 Å². The van der Waals surface area contributed by atoms with Crippen molar-refractivity contribution < 1.29 is 9.13 Å². The van der Waals surface area contributed by atoms with Gasteiger partial charge in [-0.05, 0) is 46.6 Å². The van der Waals surface area contributed by atoms with Crippen molar-refractivity contribution in [3.8, 4) is 5.75 Å². The first-order valence-corrected chi connectivity index (χ1v) is 7.81. The third-order valence-electron chi connectivity index (χ3n) is 3.22. The van der Waals surface area contributed by atoms with Crippen LogP contribution < -0.4 is 10.5 Å². The van der Waals surface area contributed by atoms with Crippen molar-refractivity contribution in [3.63, 3.8) is 0 Å². The predicted octanol–water partition coefficient (Wildman–Crippen LogP) is 5.10. The number of halogens is 3. The van der Waals surface area contributed by atoms with Crippen LogP contribution in [0.1, 0.15) is 25.0 Å². The van der Waals surface area contributed by atoms with Gasteiger partial charge in [-0.15, -0.1) is 0 Å². The van der Waals surface area contributed by atoms with Crippen LogP contribution in [0.15, 0.2) is 46.9 Å². The Morgan fingerprint density at radius 1 is 1.29 bits per heavy atom. The molecule has 21 heavy (non-hydrogen) atoms. The summed E-state index contributed by atoms with van der Waals surface area (Å²) in [6.07, 6.45) is 0.333. The first-order valence-electron chi connectivity index (χ1n) is 6.64. The summed E-state index contributed by atoms with van der Waals surface area (Å²) >= 11 is 9.54. The summed E-state index contributed by atoms with van der Waals surface area (Å²) in [7, 11) is 0. The van der Waals surface area contributed by atoms with Gasteiger partial charge in [0.05, 0.1) is 4.47 Å². The van der Waals surface area contributed by atoms with Crippen molar-refractivity contribution in [1.82, 2.24) is 0 Å². The Morgan fingerprint density at radius 3 is 2.62 bits per heavy atom. The van der Waals surface area contributed by atoms with Crippen molar-refractivity contribution in [2.75, 3.05) is 0 Å². The van der Waals surface area contributed by atoms with E-state index in [1.165, 1.54) is 12.1 Å². The van der Waals surface area contributed by atoms with E-state index in [2.05, 4.69) is 15.9 Å². The summed E-state index contributed by atoms with van der Waals surface area (Å²) in [5.74, 6) is 0.202. The number of rotatable bonds is 5. The number of benzene rings is 2. The van der Waals surface area contributed by atoms with Crippen LogP contribution in [0.3, 0.4) is 0 Å². The molecule has 2 rings (SSSR count). The van der Waals surface area contributed by atoms with Gasteiger partial charge in [-0.3, -0.25) is 0 Å². The van der Waals surface area contributed by atoms with Gasteiger partial charge < -0.3 is 10.5 Å². The quantitative estimate of drug-likeness (QED) is 0.792. The second-order valence-electron chi connectivity index (χ2n) is 4.71. The van der Waals surface area contributed by atoms with Crippen molar-refractivity contribution in [2.24, 2.45) is 5.73 Å². The topological polar surface area (TPSA) is 35.2 Å². The Labute approximate surface area is 137 Å². The molecule has 0 spiro atoms. The third kappa shape index (κ3) is 3.96. The Morgan fingerprint density at radius 2 is 2.00 bits per heavy atom. The second kappa shape index (κ2) is 7.25. The van der Waals surface area contributed by atoms with Gasteiger partial charge in [0.2, 0.25) is 0 Å². The average Bonchev–Trinajstić information content (AvgIpc) is 2.47. The van der Waals surface area contributed by atoms with E-state index < -0.39 is 6.10 Å². The molecule has 0 bridgehead atoms. The largest absolute Gasteiger partial charge is 0.483 e. The van der Waals surface area contributed by atoms with Crippen LogP contribution in [0.4, 0.5) is 4.39 Å². The van der Waals surface area contributed by atoms with E-state index in [-0.39, 0.29) is 11.9 Å². The fourth-order valence-corrected chi connectivity index (χ4v) is 2.70. The zero-order chi connectivity index (χ0) is 15.4. The standard InChI is InChI=1S/C16H16BrClFNO/c1-2-14(20)16(11-5-3-4-6-13(11)18)21-15-8-7-10(19)9-12(15)17/h3-9,14,16H,2,20H2,1H3. The molecule has 0 aliphatic rings. The lowest BCUT2D eigenvalue weighted by atomic mass is 10.0. The fourth-order valence-electron chi connectivity index (χ4n) is 2.01. The van der Waals surface area contributed by atoms with Crippen LogP contribution in [0, 0.1) is 5.82 Å². The van der Waals surface area contributed by atoms with Crippen LogP contribution in [0.25, 0.3) is 0 Å². The van der Waals surface area contributed by atoms with Gasteiger partial charge in [-0.25, -0.2) is 4.39 Å². The van der Waals surface area contributed by atoms with Gasteiger partial charge in [-0.2, -0.15) is 0 Å². The van der Waals surface area contributed by atoms with E-state index in [4.69, 9.17) is 22.1 Å². The molecule has 0 radical (unpaired) electrons. The predicted molar refractivity (Wildman–Crippen MR) is 87.2 cm³/mol. The molecule has 2 aromatic rings. The van der Waals surface area contributed by atoms with Gasteiger partial charge in [0.25, 0.3) is 0 Å². The lowest BCUT2D eigenvalue weighted by Gasteiger charge is -2.26. The number of nitrogens with two attached hydrogens (primary N) is 1. The molecular formula is C16H16BrClFNO. The SMILES string of the molecule is CCC(N)C(Oc1ccc(F)cc1Br)c1ccccc1Cl. The normalized spacial score (nSPS) is 13.8. The number of ether oxygens (including phenoxy) is 1. The van der Waals surface area contributed by atoms with E-state index in [1.807, 2.05) is 25.1 Å². The molecule has 2 N–H and O–H groups in total. The molecular weight excluding hydrogens is 357 g/mol. The Bertz CT molecular complexity index is 623. The zero-order valence-electron chi connectivity index (χ0n) is 11.5. The van der Waals surface area contributed by atoms with Crippen LogP contribution in [-0.2, 0) is 0 Å². The molecule has 0 saturated heterocycles. The summed E-state index contributed by atoms with van der Waals surface area (Å²) in [4.78, 5) is 0. The minimum absolute atomic E-state index is 0.221. The van der Waals surface area contributed by atoms with Crippen molar-refractivity contribution in [3.05, 3.63) is 63.3 Å². The summed E-state index contributed by atoms with van der Waals surface area (Å²) in [6.45, 7) is 1.98. The molecule has 0 aliphatic heterocycles. The van der Waals surface area contributed by atoms with E-state index >= 15 is 0 Å². The first kappa shape index (κ1) is 16.3. The lowest BCUT2D eigenvalue weighted by Crippen LogP contribution is -2.31. The maximum Gasteiger partial charge on any atom is 0.140 e. The highest BCUT2D eigenvalue weighted by Gasteiger charge is 2.23. The molecule has 0 heterocycles. The molecule has 0 aromatic heterocycles. The van der Waals surface area contributed by atoms with E-state index in [9.17, 15) is 4.39 Å². The van der Waals surface area contributed by atoms with Crippen molar-refractivity contribution in [2.45, 2.75) is 25.5 Å². The maximum absolute atomic E-state index is 13.2. The van der Waals surface area contributed by atoms with E-state index in [1.54, 1.807) is 12.1 Å². The van der Waals surface area contributed by atoms with Crippen LogP contribution >= 0.6 is 27.5 Å². The highest BCUT2D eigenvalue weighted by atomic mass is 79.9. The third-order valence-corrected chi connectivity index (χ3v) is 4.18. The second-order valence-corrected chi connectivity index (χ2v) is 5.97. The molecule has 0 saturated carbocycles. The van der Waals surface area contributed by atoms with Gasteiger partial charge >= 0.3 is 0 Å². The van der Waals surface area contributed by atoms with Crippen LogP contribution in [-0.4, -0.2) is 6.04 Å². The number of hydrogen-bond acceptors (Lipinski definition) is 2. The molecule has 0 amide bonds. The average molecular weight is 373 g/mol. The number of hydrogen-bond donors (Lipinski definition) is 1. The van der Waals surface area contributed by atoms with E-state index in [0.717, 1.165) is 12.0 Å². The summed E-state index contributed by atoms with van der Waals surface area (Å²) in [5, 5.41) is 0.602. The van der Waals surface area contributed by atoms with Crippen LogP contribution in [0.5, 0.6) is 5.75 Å². The minimum Gasteiger partial charge on any atom is -0.483 e. The lowest BCUT2D eigenvalue weighted by molar-refractivity contribution is 0.170. The maximum atomic E-state index is 13.2. The molecule has 2 unspecified atom stereocenters. The van der Waals surface area contributed by atoms with E-state index in [0.29, 0.717) is 15.2 Å². The van der Waals surface area contributed by atoms with Crippen molar-refractivity contribution >= 4 is 27.5 Å². The molecule has 2 aromatic carbocycles. The van der Waals surface area contributed by atoms with Gasteiger partial charge in [0.15, 0.2) is 0 Å². The minimum atomic E-state index is -0.398. The molecule has 0 aliphatic carbocycles. The monoisotopic (exact) mass is 371 g/mol. The van der Waals surface area contributed by atoms with Crippen LogP contribution in [0.2, 0.25) is 5.02 Å². The molecule has 5 heteroatoms. The Balaban J connectivity index is 2.35. The molecule has 2 atom stereocenters. The molecule has 0 fully saturated rings. The van der Waals surface area contributed by atoms with Crippen molar-refractivity contribution in [1.29, 1.82) is 0 Å². The van der Waals surface area contributed by atoms with Gasteiger partial charge in [0, 0.05) is 16.6 Å². The highest BCUT2D eigenvalue weighted by molar-refractivity contribution is 9.10. The Hall–Kier alpha value is -1.10. The summed E-state index contributed by atoms with van der Waals surface area (Å²) in [5.41, 5.74) is 7.00. The highest BCUT2D eigenvalue weighted by Crippen LogP contribution is 2.34. The smallest absolute Gasteiger partial charge is 0.140 e. The van der Waals surface area contributed by atoms with Gasteiger partial charge in [-0.1, -0.05) is 36.7 Å². The molecule has 2 nitrogen and oxygen atoms in total. The fraction of sp³-hybridized carbons (Fsp3) is 0.250. The summed E-state index contributed by atoms with van der Waals surface area (Å²) in [6, 6.07) is 11.5. The summed E-state index contributed by atoms with van der Waals surface area (Å²) < 4.78 is 19.7. The zero-order valence-corrected chi connectivity index (χ0v) is 13.9. The first-order chi connectivity index (χ1) is 10.0.